The van der Waals surface area contributed by atoms with Crippen molar-refractivity contribution in [2.45, 2.75) is 0 Å². The van der Waals surface area contributed by atoms with E-state index in [-0.39, 0.29) is 5.91 Å². The molecule has 1 aromatic carbocycles. The standard InChI is InChI=1S/C13H12N4O2/c14-9-1-2-12-11(7-9)17(5-6-19-12)13(18)10-8-15-3-4-16-10/h1-4,7-8H,5-6,14H2. The van der Waals surface area contributed by atoms with Gasteiger partial charge in [-0.15, -0.1) is 0 Å². The summed E-state index contributed by atoms with van der Waals surface area (Å²) in [6.45, 7) is 0.911. The minimum absolute atomic E-state index is 0.205. The van der Waals surface area contributed by atoms with Gasteiger partial charge >= 0.3 is 0 Å². The molecule has 2 heterocycles. The minimum Gasteiger partial charge on any atom is -0.490 e. The van der Waals surface area contributed by atoms with Gasteiger partial charge in [-0.1, -0.05) is 0 Å². The van der Waals surface area contributed by atoms with Gasteiger partial charge in [-0.05, 0) is 18.2 Å². The summed E-state index contributed by atoms with van der Waals surface area (Å²) in [6.07, 6.45) is 4.47. The Kier molecular flexibility index (Phi) is 2.75. The Morgan fingerprint density at radius 1 is 1.37 bits per heavy atom. The number of nitrogens with two attached hydrogens (primary N) is 1. The maximum absolute atomic E-state index is 12.4. The molecule has 0 saturated carbocycles. The molecule has 6 heteroatoms. The molecule has 0 saturated heterocycles. The van der Waals surface area contributed by atoms with Crippen LogP contribution in [-0.4, -0.2) is 29.0 Å². The highest BCUT2D eigenvalue weighted by molar-refractivity contribution is 6.05. The number of rotatable bonds is 1. The number of carbonyl (C=O) groups excluding carboxylic acids is 1. The minimum atomic E-state index is -0.205. The van der Waals surface area contributed by atoms with Crippen molar-refractivity contribution in [1.29, 1.82) is 0 Å². The van der Waals surface area contributed by atoms with Crippen LogP contribution >= 0.6 is 0 Å². The van der Waals surface area contributed by atoms with Crippen LogP contribution in [0.25, 0.3) is 0 Å². The molecule has 3 rings (SSSR count). The lowest BCUT2D eigenvalue weighted by Crippen LogP contribution is -2.38. The molecule has 2 aromatic rings. The molecule has 2 N–H and O–H groups in total. The molecular weight excluding hydrogens is 244 g/mol. The maximum Gasteiger partial charge on any atom is 0.278 e. The van der Waals surface area contributed by atoms with E-state index >= 15 is 0 Å². The summed E-state index contributed by atoms with van der Waals surface area (Å²) in [4.78, 5) is 21.9. The van der Waals surface area contributed by atoms with Gasteiger partial charge in [0.1, 0.15) is 18.1 Å². The number of hydrogen-bond donors (Lipinski definition) is 1. The lowest BCUT2D eigenvalue weighted by atomic mass is 10.2. The maximum atomic E-state index is 12.4. The highest BCUT2D eigenvalue weighted by atomic mass is 16.5. The summed E-state index contributed by atoms with van der Waals surface area (Å²) in [5.74, 6) is 0.445. The van der Waals surface area contributed by atoms with Crippen LogP contribution in [0.2, 0.25) is 0 Å². The van der Waals surface area contributed by atoms with Crippen molar-refractivity contribution >= 4 is 17.3 Å². The Bertz CT molecular complexity index is 615. The van der Waals surface area contributed by atoms with Gasteiger partial charge in [-0.25, -0.2) is 4.98 Å². The second-order valence-corrected chi connectivity index (χ2v) is 4.12. The Morgan fingerprint density at radius 3 is 3.05 bits per heavy atom. The summed E-state index contributed by atoms with van der Waals surface area (Å²) in [6, 6.07) is 5.23. The van der Waals surface area contributed by atoms with Crippen LogP contribution in [0, 0.1) is 0 Å². The van der Waals surface area contributed by atoms with Gasteiger partial charge < -0.3 is 10.5 Å². The third-order valence-electron chi connectivity index (χ3n) is 2.87. The fourth-order valence-electron chi connectivity index (χ4n) is 1.99. The van der Waals surface area contributed by atoms with Crippen LogP contribution in [0.15, 0.2) is 36.8 Å². The van der Waals surface area contributed by atoms with Crippen molar-refractivity contribution in [1.82, 2.24) is 9.97 Å². The molecule has 0 unspecified atom stereocenters. The molecule has 96 valence electrons. The first-order chi connectivity index (χ1) is 9.25. The van der Waals surface area contributed by atoms with Gasteiger partial charge in [0.25, 0.3) is 5.91 Å². The van der Waals surface area contributed by atoms with Crippen molar-refractivity contribution in [2.24, 2.45) is 0 Å². The van der Waals surface area contributed by atoms with E-state index in [1.165, 1.54) is 18.6 Å². The highest BCUT2D eigenvalue weighted by Crippen LogP contribution is 2.33. The fraction of sp³-hybridized carbons (Fsp3) is 0.154. The number of amides is 1. The molecular formula is C13H12N4O2. The lowest BCUT2D eigenvalue weighted by molar-refractivity contribution is 0.0971. The second kappa shape index (κ2) is 4.56. The Hall–Kier alpha value is -2.63. The third-order valence-corrected chi connectivity index (χ3v) is 2.87. The summed E-state index contributed by atoms with van der Waals surface area (Å²) >= 11 is 0. The molecule has 1 amide bonds. The molecule has 0 bridgehead atoms. The number of aromatic nitrogens is 2. The van der Waals surface area contributed by atoms with E-state index < -0.39 is 0 Å². The fourth-order valence-corrected chi connectivity index (χ4v) is 1.99. The van der Waals surface area contributed by atoms with Crippen LogP contribution in [0.3, 0.4) is 0 Å². The number of ether oxygens (including phenoxy) is 1. The molecule has 0 aliphatic carbocycles. The first kappa shape index (κ1) is 11.5. The zero-order valence-electron chi connectivity index (χ0n) is 10.1. The first-order valence-corrected chi connectivity index (χ1v) is 5.86. The monoisotopic (exact) mass is 256 g/mol. The molecule has 1 aromatic heterocycles. The van der Waals surface area contributed by atoms with Crippen LogP contribution < -0.4 is 15.4 Å². The molecule has 6 nitrogen and oxygen atoms in total. The largest absolute Gasteiger partial charge is 0.490 e. The average molecular weight is 256 g/mol. The van der Waals surface area contributed by atoms with Crippen molar-refractivity contribution < 1.29 is 9.53 Å². The quantitative estimate of drug-likeness (QED) is 0.772. The van der Waals surface area contributed by atoms with E-state index in [2.05, 4.69) is 9.97 Å². The van der Waals surface area contributed by atoms with E-state index in [1.54, 1.807) is 23.1 Å². The van der Waals surface area contributed by atoms with Gasteiger partial charge in [-0.2, -0.15) is 0 Å². The van der Waals surface area contributed by atoms with Crippen molar-refractivity contribution in [3.05, 3.63) is 42.5 Å². The normalized spacial score (nSPS) is 13.6. The first-order valence-electron chi connectivity index (χ1n) is 5.86. The Balaban J connectivity index is 2.00. The molecule has 19 heavy (non-hydrogen) atoms. The molecule has 0 atom stereocenters. The summed E-state index contributed by atoms with van der Waals surface area (Å²) < 4.78 is 5.51. The zero-order valence-corrected chi connectivity index (χ0v) is 10.1. The SMILES string of the molecule is Nc1ccc2c(c1)N(C(=O)c1cnccn1)CCO2. The molecule has 0 radical (unpaired) electrons. The van der Waals surface area contributed by atoms with Crippen LogP contribution in [0.4, 0.5) is 11.4 Å². The summed E-state index contributed by atoms with van der Waals surface area (Å²) in [5, 5.41) is 0. The summed E-state index contributed by atoms with van der Waals surface area (Å²) in [5.41, 5.74) is 7.32. The van der Waals surface area contributed by atoms with Crippen LogP contribution in [0.1, 0.15) is 10.5 Å². The van der Waals surface area contributed by atoms with Gasteiger partial charge in [0, 0.05) is 18.1 Å². The predicted molar refractivity (Wildman–Crippen MR) is 70.1 cm³/mol. The van der Waals surface area contributed by atoms with E-state index in [0.717, 1.165) is 0 Å². The molecule has 0 spiro atoms. The van der Waals surface area contributed by atoms with Crippen molar-refractivity contribution in [3.8, 4) is 5.75 Å². The van der Waals surface area contributed by atoms with Crippen molar-refractivity contribution in [2.75, 3.05) is 23.8 Å². The number of fused-ring (bicyclic) bond motifs is 1. The van der Waals surface area contributed by atoms with Gasteiger partial charge in [0.2, 0.25) is 0 Å². The number of hydrogen-bond acceptors (Lipinski definition) is 5. The Labute approximate surface area is 109 Å². The second-order valence-electron chi connectivity index (χ2n) is 4.12. The van der Waals surface area contributed by atoms with Gasteiger partial charge in [0.15, 0.2) is 0 Å². The average Bonchev–Trinajstić information content (AvgIpc) is 2.47. The number of nitrogens with zero attached hydrogens (tertiary/aromatic N) is 3. The number of carbonyl (C=O) groups is 1. The predicted octanol–water partition coefficient (Wildman–Crippen LogP) is 1.10. The van der Waals surface area contributed by atoms with E-state index in [1.807, 2.05) is 0 Å². The highest BCUT2D eigenvalue weighted by Gasteiger charge is 2.25. The topological polar surface area (TPSA) is 81.3 Å². The van der Waals surface area contributed by atoms with E-state index in [0.29, 0.717) is 36.0 Å². The Morgan fingerprint density at radius 2 is 2.26 bits per heavy atom. The third kappa shape index (κ3) is 2.08. The molecule has 0 fully saturated rings. The number of nitrogen functional groups attached to an aromatic ring is 1. The van der Waals surface area contributed by atoms with E-state index in [4.69, 9.17) is 10.5 Å². The zero-order chi connectivity index (χ0) is 13.2. The number of anilines is 2. The molecule has 1 aliphatic heterocycles. The smallest absolute Gasteiger partial charge is 0.278 e. The van der Waals surface area contributed by atoms with E-state index in [9.17, 15) is 4.79 Å². The van der Waals surface area contributed by atoms with Crippen LogP contribution in [-0.2, 0) is 0 Å². The summed E-state index contributed by atoms with van der Waals surface area (Å²) in [7, 11) is 0. The van der Waals surface area contributed by atoms with Gasteiger partial charge in [-0.3, -0.25) is 14.7 Å². The van der Waals surface area contributed by atoms with Crippen molar-refractivity contribution in [3.63, 3.8) is 0 Å². The lowest BCUT2D eigenvalue weighted by Gasteiger charge is -2.29. The number of benzene rings is 1. The molecule has 1 aliphatic rings. The van der Waals surface area contributed by atoms with Crippen LogP contribution in [0.5, 0.6) is 5.75 Å². The van der Waals surface area contributed by atoms with Gasteiger partial charge in [0.05, 0.1) is 18.4 Å².